The molecule has 4 heteroatoms. The van der Waals surface area contributed by atoms with Crippen molar-refractivity contribution in [1.29, 1.82) is 0 Å². The second-order valence-corrected chi connectivity index (χ2v) is 4.88. The second kappa shape index (κ2) is 3.95. The molecule has 1 aromatic rings. The monoisotopic (exact) mass is 263 g/mol. The fourth-order valence-electron chi connectivity index (χ4n) is 1.19. The maximum absolute atomic E-state index is 12.9. The van der Waals surface area contributed by atoms with Gasteiger partial charge in [-0.15, -0.1) is 0 Å². The smallest absolute Gasteiger partial charge is 0.159 e. The number of nitrogens with two attached hydrogens (primary N) is 1. The summed E-state index contributed by atoms with van der Waals surface area (Å²) in [5.41, 5.74) is 6.03. The lowest BCUT2D eigenvalue weighted by atomic mass is 9.96. The summed E-state index contributed by atoms with van der Waals surface area (Å²) in [6, 6.07) is 2.30. The summed E-state index contributed by atoms with van der Waals surface area (Å²) in [5, 5.41) is 0. The molecule has 14 heavy (non-hydrogen) atoms. The number of hydrogen-bond donors (Lipinski definition) is 1. The SMILES string of the molecule is CC(C)(N)Cc1cc(F)c(F)cc1Br. The molecule has 0 heterocycles. The van der Waals surface area contributed by atoms with Gasteiger partial charge in [0.2, 0.25) is 0 Å². The van der Waals surface area contributed by atoms with Crippen LogP contribution in [0.25, 0.3) is 0 Å². The van der Waals surface area contributed by atoms with Crippen LogP contribution in [0.15, 0.2) is 16.6 Å². The van der Waals surface area contributed by atoms with Gasteiger partial charge in [0.1, 0.15) is 0 Å². The number of rotatable bonds is 2. The van der Waals surface area contributed by atoms with Crippen molar-refractivity contribution in [1.82, 2.24) is 0 Å². The predicted octanol–water partition coefficient (Wildman–Crippen LogP) is 3.01. The average Bonchev–Trinajstić information content (AvgIpc) is 1.97. The van der Waals surface area contributed by atoms with E-state index in [-0.39, 0.29) is 0 Å². The molecule has 0 atom stereocenters. The zero-order valence-corrected chi connectivity index (χ0v) is 9.66. The predicted molar refractivity (Wildman–Crippen MR) is 56.0 cm³/mol. The van der Waals surface area contributed by atoms with Crippen LogP contribution >= 0.6 is 15.9 Å². The molecule has 0 saturated heterocycles. The van der Waals surface area contributed by atoms with E-state index in [9.17, 15) is 8.78 Å². The van der Waals surface area contributed by atoms with E-state index in [1.165, 1.54) is 6.07 Å². The van der Waals surface area contributed by atoms with Crippen molar-refractivity contribution >= 4 is 15.9 Å². The lowest BCUT2D eigenvalue weighted by Crippen LogP contribution is -2.34. The van der Waals surface area contributed by atoms with Gasteiger partial charge in [0.05, 0.1) is 0 Å². The van der Waals surface area contributed by atoms with Crippen molar-refractivity contribution < 1.29 is 8.78 Å². The summed E-state index contributed by atoms with van der Waals surface area (Å²) >= 11 is 3.17. The van der Waals surface area contributed by atoms with Crippen molar-refractivity contribution in [3.8, 4) is 0 Å². The van der Waals surface area contributed by atoms with Gasteiger partial charge < -0.3 is 5.73 Å². The molecular formula is C10H12BrF2N. The Labute approximate surface area is 90.4 Å². The number of halogens is 3. The van der Waals surface area contributed by atoms with E-state index >= 15 is 0 Å². The first kappa shape index (κ1) is 11.6. The van der Waals surface area contributed by atoms with Crippen molar-refractivity contribution in [3.05, 3.63) is 33.8 Å². The van der Waals surface area contributed by atoms with Crippen LogP contribution < -0.4 is 5.73 Å². The minimum atomic E-state index is -0.851. The first-order valence-electron chi connectivity index (χ1n) is 4.22. The van der Waals surface area contributed by atoms with Crippen molar-refractivity contribution in [3.63, 3.8) is 0 Å². The topological polar surface area (TPSA) is 26.0 Å². The first-order valence-corrected chi connectivity index (χ1v) is 5.01. The van der Waals surface area contributed by atoms with Gasteiger partial charge >= 0.3 is 0 Å². The van der Waals surface area contributed by atoms with Crippen LogP contribution in [0.5, 0.6) is 0 Å². The van der Waals surface area contributed by atoms with Crippen LogP contribution in [-0.4, -0.2) is 5.54 Å². The highest BCUT2D eigenvalue weighted by atomic mass is 79.9. The van der Waals surface area contributed by atoms with E-state index in [2.05, 4.69) is 15.9 Å². The molecule has 1 aromatic carbocycles. The van der Waals surface area contributed by atoms with E-state index < -0.39 is 17.2 Å². The van der Waals surface area contributed by atoms with Gasteiger partial charge in [-0.05, 0) is 38.0 Å². The van der Waals surface area contributed by atoms with Crippen molar-refractivity contribution in [2.24, 2.45) is 5.73 Å². The Kier molecular flexibility index (Phi) is 3.27. The van der Waals surface area contributed by atoms with E-state index in [4.69, 9.17) is 5.73 Å². The van der Waals surface area contributed by atoms with E-state index in [0.29, 0.717) is 16.5 Å². The van der Waals surface area contributed by atoms with Crippen LogP contribution in [0.4, 0.5) is 8.78 Å². The van der Waals surface area contributed by atoms with Gasteiger partial charge in [0.15, 0.2) is 11.6 Å². The largest absolute Gasteiger partial charge is 0.325 e. The quantitative estimate of drug-likeness (QED) is 0.816. The second-order valence-electron chi connectivity index (χ2n) is 4.02. The highest BCUT2D eigenvalue weighted by molar-refractivity contribution is 9.10. The molecule has 0 aliphatic rings. The molecule has 1 rings (SSSR count). The van der Waals surface area contributed by atoms with Crippen LogP contribution in [0.3, 0.4) is 0 Å². The zero-order chi connectivity index (χ0) is 10.9. The fourth-order valence-corrected chi connectivity index (χ4v) is 1.65. The third-order valence-corrected chi connectivity index (χ3v) is 2.47. The molecule has 2 N–H and O–H groups in total. The van der Waals surface area contributed by atoms with Crippen molar-refractivity contribution in [2.75, 3.05) is 0 Å². The minimum Gasteiger partial charge on any atom is -0.325 e. The van der Waals surface area contributed by atoms with Crippen LogP contribution in [0, 0.1) is 11.6 Å². The summed E-state index contributed by atoms with van der Waals surface area (Å²) in [7, 11) is 0. The minimum absolute atomic E-state index is 0.438. The number of benzene rings is 1. The average molecular weight is 264 g/mol. The Morgan fingerprint density at radius 1 is 1.29 bits per heavy atom. The first-order chi connectivity index (χ1) is 6.29. The van der Waals surface area contributed by atoms with Gasteiger partial charge in [-0.3, -0.25) is 0 Å². The van der Waals surface area contributed by atoms with E-state index in [1.54, 1.807) is 0 Å². The fraction of sp³-hybridized carbons (Fsp3) is 0.400. The summed E-state index contributed by atoms with van der Waals surface area (Å²) in [5.74, 6) is -1.69. The normalized spacial score (nSPS) is 11.9. The van der Waals surface area contributed by atoms with Gasteiger partial charge in [0, 0.05) is 10.0 Å². The molecular weight excluding hydrogens is 252 g/mol. The van der Waals surface area contributed by atoms with Gasteiger partial charge in [-0.1, -0.05) is 15.9 Å². The molecule has 78 valence electrons. The van der Waals surface area contributed by atoms with E-state index in [1.807, 2.05) is 13.8 Å². The molecule has 0 amide bonds. The molecule has 0 radical (unpaired) electrons. The van der Waals surface area contributed by atoms with Gasteiger partial charge in [-0.2, -0.15) is 0 Å². The molecule has 0 aromatic heterocycles. The maximum Gasteiger partial charge on any atom is 0.159 e. The van der Waals surface area contributed by atoms with Crippen LogP contribution in [0.1, 0.15) is 19.4 Å². The molecule has 0 spiro atoms. The zero-order valence-electron chi connectivity index (χ0n) is 8.07. The molecule has 0 aliphatic heterocycles. The molecule has 0 fully saturated rings. The molecule has 0 bridgehead atoms. The van der Waals surface area contributed by atoms with Crippen LogP contribution in [-0.2, 0) is 6.42 Å². The molecule has 1 nitrogen and oxygen atoms in total. The van der Waals surface area contributed by atoms with Crippen LogP contribution in [0.2, 0.25) is 0 Å². The lowest BCUT2D eigenvalue weighted by Gasteiger charge is -2.19. The third-order valence-electron chi connectivity index (χ3n) is 1.74. The standard InChI is InChI=1S/C10H12BrF2N/c1-10(2,14)5-6-3-8(12)9(13)4-7(6)11/h3-4H,5,14H2,1-2H3. The molecule has 0 saturated carbocycles. The maximum atomic E-state index is 12.9. The van der Waals surface area contributed by atoms with Crippen molar-refractivity contribution in [2.45, 2.75) is 25.8 Å². The summed E-state index contributed by atoms with van der Waals surface area (Å²) in [6.07, 6.45) is 0.491. The lowest BCUT2D eigenvalue weighted by molar-refractivity contribution is 0.492. The van der Waals surface area contributed by atoms with Gasteiger partial charge in [-0.25, -0.2) is 8.78 Å². The Morgan fingerprint density at radius 2 is 1.79 bits per heavy atom. The number of hydrogen-bond acceptors (Lipinski definition) is 1. The summed E-state index contributed by atoms with van der Waals surface area (Å²) in [4.78, 5) is 0. The Balaban J connectivity index is 3.04. The van der Waals surface area contributed by atoms with E-state index in [0.717, 1.165) is 6.07 Å². The Hall–Kier alpha value is -0.480. The third kappa shape index (κ3) is 3.03. The molecule has 0 unspecified atom stereocenters. The molecule has 0 aliphatic carbocycles. The highest BCUT2D eigenvalue weighted by Crippen LogP contribution is 2.23. The Morgan fingerprint density at radius 3 is 2.29 bits per heavy atom. The van der Waals surface area contributed by atoms with Gasteiger partial charge in [0.25, 0.3) is 0 Å². The summed E-state index contributed by atoms with van der Waals surface area (Å²) < 4.78 is 26.2. The highest BCUT2D eigenvalue weighted by Gasteiger charge is 2.16. The Bertz CT molecular complexity index is 345. The summed E-state index contributed by atoms with van der Waals surface area (Å²) in [6.45, 7) is 3.67.